The predicted molar refractivity (Wildman–Crippen MR) is 193 cm³/mol. The molecule has 1 aliphatic heterocycles. The van der Waals surface area contributed by atoms with Gasteiger partial charge in [0.2, 0.25) is 17.7 Å². The molecule has 3 aliphatic carbocycles. The van der Waals surface area contributed by atoms with Crippen LogP contribution in [0.2, 0.25) is 0 Å². The minimum Gasteiger partial charge on any atom is -0.451 e. The van der Waals surface area contributed by atoms with Crippen molar-refractivity contribution >= 4 is 35.5 Å². The van der Waals surface area contributed by atoms with Crippen LogP contribution in [0.5, 0.6) is 0 Å². The molecule has 1 aromatic rings. The number of aromatic nitrogens is 2. The van der Waals surface area contributed by atoms with Crippen molar-refractivity contribution in [2.75, 3.05) is 13.1 Å². The van der Waals surface area contributed by atoms with Crippen molar-refractivity contribution in [2.45, 2.75) is 142 Å². The molecule has 5 amide bonds. The maximum absolute atomic E-state index is 14.5. The molecule has 1 saturated heterocycles. The predicted octanol–water partition coefficient (Wildman–Crippen LogP) is 3.06. The van der Waals surface area contributed by atoms with Crippen molar-refractivity contribution in [2.24, 2.45) is 23.2 Å². The van der Waals surface area contributed by atoms with E-state index in [4.69, 9.17) is 4.74 Å². The van der Waals surface area contributed by atoms with Crippen molar-refractivity contribution < 1.29 is 33.5 Å². The van der Waals surface area contributed by atoms with Crippen LogP contribution in [0.25, 0.3) is 0 Å². The highest BCUT2D eigenvalue weighted by molar-refractivity contribution is 5.98. The molecule has 5 rings (SSSR count). The van der Waals surface area contributed by atoms with Crippen LogP contribution in [0.3, 0.4) is 0 Å². The molecule has 3 unspecified atom stereocenters. The molecule has 1 aromatic heterocycles. The van der Waals surface area contributed by atoms with E-state index >= 15 is 0 Å². The third kappa shape index (κ3) is 11.0. The van der Waals surface area contributed by atoms with Gasteiger partial charge in [-0.2, -0.15) is 0 Å². The number of hydrogen-bond acceptors (Lipinski definition) is 9. The van der Waals surface area contributed by atoms with Gasteiger partial charge in [-0.3, -0.25) is 33.8 Å². The highest BCUT2D eigenvalue weighted by Gasteiger charge is 2.52. The van der Waals surface area contributed by atoms with Crippen LogP contribution < -0.4 is 21.3 Å². The van der Waals surface area contributed by atoms with Gasteiger partial charge in [-0.05, 0) is 61.7 Å². The number of carbonyl (C=O) groups is 6. The summed E-state index contributed by atoms with van der Waals surface area (Å²) in [6, 6.07) is -2.64. The maximum atomic E-state index is 14.5. The molecule has 14 nitrogen and oxygen atoms in total. The van der Waals surface area contributed by atoms with Gasteiger partial charge in [-0.1, -0.05) is 66.7 Å². The van der Waals surface area contributed by atoms with Crippen LogP contribution in [-0.2, 0) is 28.7 Å². The Morgan fingerprint density at radius 2 is 1.60 bits per heavy atom. The molecule has 0 spiro atoms. The summed E-state index contributed by atoms with van der Waals surface area (Å²) in [7, 11) is 0. The molecule has 6 atom stereocenters. The Kier molecular flexibility index (Phi) is 14.5. The molecule has 4 aliphatic rings. The van der Waals surface area contributed by atoms with Gasteiger partial charge in [0.1, 0.15) is 23.8 Å². The highest BCUT2D eigenvalue weighted by atomic mass is 16.5. The van der Waals surface area contributed by atoms with Crippen molar-refractivity contribution in [3.05, 3.63) is 24.3 Å². The van der Waals surface area contributed by atoms with Crippen LogP contribution in [0.4, 0.5) is 0 Å². The SMILES string of the molecule is CC(=O)OC(CNC(=O)C1[C@H]2CCC[C@H]2CN1C(=O)[C@@H](NC(=O)C(NC(=O)c1cnccn1)C1CCCCC1)C(C)(C)C)C(=O)NC1CC1.CCC. The average molecular weight is 726 g/mol. The number of nitrogens with one attached hydrogen (secondary N) is 4. The molecule has 3 saturated carbocycles. The zero-order valence-electron chi connectivity index (χ0n) is 31.7. The molecule has 4 fully saturated rings. The molecule has 288 valence electrons. The summed E-state index contributed by atoms with van der Waals surface area (Å²) in [5.74, 6) is -2.93. The average Bonchev–Trinajstić information content (AvgIpc) is 3.68. The van der Waals surface area contributed by atoms with E-state index < -0.39 is 59.2 Å². The molecule has 2 heterocycles. The van der Waals surface area contributed by atoms with Crippen LogP contribution >= 0.6 is 0 Å². The van der Waals surface area contributed by atoms with E-state index in [1.54, 1.807) is 4.90 Å². The van der Waals surface area contributed by atoms with Gasteiger partial charge in [-0.25, -0.2) is 4.98 Å². The zero-order valence-corrected chi connectivity index (χ0v) is 31.7. The highest BCUT2D eigenvalue weighted by Crippen LogP contribution is 2.43. The first kappa shape index (κ1) is 40.7. The van der Waals surface area contributed by atoms with Gasteiger partial charge in [0.05, 0.1) is 12.7 Å². The number of amides is 5. The summed E-state index contributed by atoms with van der Waals surface area (Å²) in [5.41, 5.74) is -0.642. The summed E-state index contributed by atoms with van der Waals surface area (Å²) in [5, 5.41) is 11.5. The summed E-state index contributed by atoms with van der Waals surface area (Å²) >= 11 is 0. The van der Waals surface area contributed by atoms with E-state index in [0.717, 1.165) is 64.2 Å². The molecule has 0 radical (unpaired) electrons. The van der Waals surface area contributed by atoms with Gasteiger partial charge in [-0.15, -0.1) is 0 Å². The fourth-order valence-electron chi connectivity index (χ4n) is 7.62. The minimum absolute atomic E-state index is 0.0473. The topological polar surface area (TPSA) is 189 Å². The Hall–Kier alpha value is -4.10. The van der Waals surface area contributed by atoms with Crippen molar-refractivity contribution in [3.63, 3.8) is 0 Å². The molecule has 0 aromatic carbocycles. The summed E-state index contributed by atoms with van der Waals surface area (Å²) in [6.07, 6.45) is 13.0. The first-order valence-corrected chi connectivity index (χ1v) is 19.2. The second-order valence-corrected chi connectivity index (χ2v) is 15.9. The lowest BCUT2D eigenvalue weighted by molar-refractivity contribution is -0.154. The molecule has 52 heavy (non-hydrogen) atoms. The van der Waals surface area contributed by atoms with Gasteiger partial charge in [0, 0.05) is 31.9 Å². The Balaban J connectivity index is 0.00000195. The van der Waals surface area contributed by atoms with Crippen LogP contribution in [0.1, 0.15) is 123 Å². The molecular weight excluding hydrogens is 666 g/mol. The largest absolute Gasteiger partial charge is 0.451 e. The zero-order chi connectivity index (χ0) is 38.0. The van der Waals surface area contributed by atoms with E-state index in [1.165, 1.54) is 31.9 Å². The van der Waals surface area contributed by atoms with Crippen LogP contribution in [0, 0.1) is 23.2 Å². The summed E-state index contributed by atoms with van der Waals surface area (Å²) < 4.78 is 5.24. The standard InChI is InChI=1S/C35H51N7O7.C3H8/c1-20(43)49-26(31(45)39-23-13-14-23)18-38-33(47)28-24-12-8-11-22(24)19-42(28)34(48)29(35(2,3)4)41-32(46)27(21-9-6-5-7-10-21)40-30(44)25-17-36-15-16-37-25;1-3-2/h15-17,21-24,26-29H,5-14,18-19H2,1-4H3,(H,38,47)(H,39,45)(H,40,44)(H,41,46);3H2,1-2H3/t22-,24-,26?,27?,28?,29+;/m0./s1. The lowest BCUT2D eigenvalue weighted by Gasteiger charge is -2.38. The van der Waals surface area contributed by atoms with Crippen molar-refractivity contribution in [3.8, 4) is 0 Å². The number of nitrogens with zero attached hydrogens (tertiary/aromatic N) is 3. The van der Waals surface area contributed by atoms with Crippen molar-refractivity contribution in [1.82, 2.24) is 36.1 Å². The van der Waals surface area contributed by atoms with Gasteiger partial charge < -0.3 is 30.9 Å². The smallest absolute Gasteiger partial charge is 0.303 e. The molecule has 14 heteroatoms. The molecule has 4 N–H and O–H groups in total. The lowest BCUT2D eigenvalue weighted by Crippen LogP contribution is -2.62. The quantitative estimate of drug-likeness (QED) is 0.235. The number of likely N-dealkylation sites (tertiary alicyclic amines) is 1. The van der Waals surface area contributed by atoms with E-state index in [-0.39, 0.29) is 41.9 Å². The first-order valence-electron chi connectivity index (χ1n) is 19.2. The molecule has 0 bridgehead atoms. The number of hydrogen-bond donors (Lipinski definition) is 4. The van der Waals surface area contributed by atoms with Crippen LogP contribution in [-0.4, -0.2) is 93.7 Å². The number of esters is 1. The Bertz CT molecular complexity index is 1410. The first-order chi connectivity index (χ1) is 24.7. The Morgan fingerprint density at radius 3 is 2.19 bits per heavy atom. The second kappa shape index (κ2) is 18.6. The van der Waals surface area contributed by atoms with Gasteiger partial charge in [0.25, 0.3) is 11.8 Å². The molecular formula is C38H59N7O7. The fourth-order valence-corrected chi connectivity index (χ4v) is 7.62. The number of ether oxygens (including phenoxy) is 1. The number of carbonyl (C=O) groups excluding carboxylic acids is 6. The van der Waals surface area contributed by atoms with E-state index in [9.17, 15) is 28.8 Å². The van der Waals surface area contributed by atoms with Crippen molar-refractivity contribution in [1.29, 1.82) is 0 Å². The van der Waals surface area contributed by atoms with E-state index in [1.807, 2.05) is 20.8 Å². The Labute approximate surface area is 307 Å². The van der Waals surface area contributed by atoms with Crippen LogP contribution in [0.15, 0.2) is 18.6 Å². The minimum atomic E-state index is -1.19. The second-order valence-electron chi connectivity index (χ2n) is 15.9. The maximum Gasteiger partial charge on any atom is 0.303 e. The summed E-state index contributed by atoms with van der Waals surface area (Å²) in [4.78, 5) is 89.8. The van der Waals surface area contributed by atoms with E-state index in [2.05, 4.69) is 45.1 Å². The normalized spacial score (nSPS) is 23.1. The summed E-state index contributed by atoms with van der Waals surface area (Å²) in [6.45, 7) is 11.2. The third-order valence-corrected chi connectivity index (χ3v) is 10.3. The lowest BCUT2D eigenvalue weighted by atomic mass is 9.82. The van der Waals surface area contributed by atoms with Gasteiger partial charge >= 0.3 is 5.97 Å². The monoisotopic (exact) mass is 725 g/mol. The van der Waals surface area contributed by atoms with E-state index in [0.29, 0.717) is 6.54 Å². The number of rotatable bonds is 12. The fraction of sp³-hybridized carbons (Fsp3) is 0.737. The number of fused-ring (bicyclic) bond motifs is 1. The van der Waals surface area contributed by atoms with Gasteiger partial charge in [0.15, 0.2) is 6.10 Å². The Morgan fingerprint density at radius 1 is 0.904 bits per heavy atom. The third-order valence-electron chi connectivity index (χ3n) is 10.3.